The van der Waals surface area contributed by atoms with Gasteiger partial charge in [0.1, 0.15) is 11.5 Å². The van der Waals surface area contributed by atoms with Crippen molar-refractivity contribution in [1.82, 2.24) is 0 Å². The van der Waals surface area contributed by atoms with Crippen LogP contribution in [0.15, 0.2) is 78.9 Å². The summed E-state index contributed by atoms with van der Waals surface area (Å²) in [5, 5.41) is 3.46. The lowest BCUT2D eigenvalue weighted by atomic mass is 10.1. The zero-order chi connectivity index (χ0) is 15.9. The molecule has 0 amide bonds. The fourth-order valence-corrected chi connectivity index (χ4v) is 2.50. The predicted molar refractivity (Wildman–Crippen MR) is 96.3 cm³/mol. The molecule has 0 unspecified atom stereocenters. The molecule has 2 nitrogen and oxygen atoms in total. The first-order chi connectivity index (χ1) is 11.3. The van der Waals surface area contributed by atoms with Gasteiger partial charge in [0.15, 0.2) is 0 Å². The van der Waals surface area contributed by atoms with Gasteiger partial charge in [-0.1, -0.05) is 42.5 Å². The molecule has 0 aliphatic carbocycles. The number of para-hydroxylation sites is 1. The van der Waals surface area contributed by atoms with Crippen LogP contribution < -0.4 is 10.1 Å². The fourth-order valence-electron chi connectivity index (χ4n) is 2.50. The third-order valence-electron chi connectivity index (χ3n) is 3.82. The molecule has 0 bridgehead atoms. The molecular formula is C21H21NO. The lowest BCUT2D eigenvalue weighted by Crippen LogP contribution is -2.05. The van der Waals surface area contributed by atoms with Crippen molar-refractivity contribution in [2.75, 3.05) is 11.9 Å². The van der Waals surface area contributed by atoms with Crippen molar-refractivity contribution in [3.05, 3.63) is 90.0 Å². The Kier molecular flexibility index (Phi) is 4.95. The van der Waals surface area contributed by atoms with E-state index in [-0.39, 0.29) is 0 Å². The highest BCUT2D eigenvalue weighted by Gasteiger charge is 1.99. The Morgan fingerprint density at radius 2 is 1.39 bits per heavy atom. The van der Waals surface area contributed by atoms with Crippen LogP contribution >= 0.6 is 0 Å². The van der Waals surface area contributed by atoms with Crippen LogP contribution in [0.2, 0.25) is 0 Å². The van der Waals surface area contributed by atoms with Gasteiger partial charge >= 0.3 is 0 Å². The van der Waals surface area contributed by atoms with E-state index in [9.17, 15) is 0 Å². The van der Waals surface area contributed by atoms with Gasteiger partial charge in [-0.2, -0.15) is 0 Å². The van der Waals surface area contributed by atoms with E-state index in [1.165, 1.54) is 11.1 Å². The molecular weight excluding hydrogens is 282 g/mol. The molecule has 0 aliphatic rings. The number of rotatable bonds is 6. The molecule has 0 fully saturated rings. The molecule has 2 heteroatoms. The average Bonchev–Trinajstić information content (AvgIpc) is 2.59. The van der Waals surface area contributed by atoms with Crippen molar-refractivity contribution in [2.24, 2.45) is 0 Å². The molecule has 0 atom stereocenters. The number of aryl methyl sites for hydroxylation is 1. The minimum absolute atomic E-state index is 0.848. The molecule has 116 valence electrons. The maximum Gasteiger partial charge on any atom is 0.127 e. The molecule has 0 saturated carbocycles. The second-order valence-corrected chi connectivity index (χ2v) is 5.54. The molecule has 3 aromatic carbocycles. The van der Waals surface area contributed by atoms with Gasteiger partial charge in [0.05, 0.1) is 0 Å². The van der Waals surface area contributed by atoms with Crippen LogP contribution in [0.4, 0.5) is 5.69 Å². The largest absolute Gasteiger partial charge is 0.457 e. The standard InChI is InChI=1S/C21H21NO/c1-17-7-5-6-8-18(17)15-16-22-19-11-13-21(14-12-19)23-20-9-3-2-4-10-20/h2-14,22H,15-16H2,1H3. The van der Waals surface area contributed by atoms with E-state index in [1.807, 2.05) is 42.5 Å². The Labute approximate surface area is 137 Å². The van der Waals surface area contributed by atoms with E-state index in [1.54, 1.807) is 0 Å². The normalized spacial score (nSPS) is 10.3. The van der Waals surface area contributed by atoms with E-state index in [0.29, 0.717) is 0 Å². The lowest BCUT2D eigenvalue weighted by molar-refractivity contribution is 0.483. The number of anilines is 1. The van der Waals surface area contributed by atoms with Crippen LogP contribution in [0.3, 0.4) is 0 Å². The molecule has 0 aromatic heterocycles. The maximum absolute atomic E-state index is 5.80. The summed E-state index contributed by atoms with van der Waals surface area (Å²) >= 11 is 0. The highest BCUT2D eigenvalue weighted by atomic mass is 16.5. The number of hydrogen-bond donors (Lipinski definition) is 1. The van der Waals surface area contributed by atoms with Gasteiger partial charge in [-0.15, -0.1) is 0 Å². The molecule has 0 aliphatic heterocycles. The maximum atomic E-state index is 5.80. The van der Waals surface area contributed by atoms with Gasteiger partial charge in [-0.25, -0.2) is 0 Å². The number of benzene rings is 3. The van der Waals surface area contributed by atoms with Crippen molar-refractivity contribution < 1.29 is 4.74 Å². The summed E-state index contributed by atoms with van der Waals surface area (Å²) < 4.78 is 5.80. The van der Waals surface area contributed by atoms with Gasteiger partial charge in [0.2, 0.25) is 0 Å². The van der Waals surface area contributed by atoms with Gasteiger partial charge in [-0.3, -0.25) is 0 Å². The first-order valence-electron chi connectivity index (χ1n) is 7.92. The fraction of sp³-hybridized carbons (Fsp3) is 0.143. The second-order valence-electron chi connectivity index (χ2n) is 5.54. The third kappa shape index (κ3) is 4.36. The van der Waals surface area contributed by atoms with Gasteiger partial charge < -0.3 is 10.1 Å². The first-order valence-corrected chi connectivity index (χ1v) is 7.92. The van der Waals surface area contributed by atoms with E-state index in [2.05, 4.69) is 48.6 Å². The Hall–Kier alpha value is -2.74. The van der Waals surface area contributed by atoms with E-state index in [0.717, 1.165) is 30.2 Å². The summed E-state index contributed by atoms with van der Waals surface area (Å²) in [6.07, 6.45) is 1.02. The topological polar surface area (TPSA) is 21.3 Å². The van der Waals surface area contributed by atoms with Gasteiger partial charge in [-0.05, 0) is 60.9 Å². The summed E-state index contributed by atoms with van der Waals surface area (Å²) in [6, 6.07) is 26.4. The van der Waals surface area contributed by atoms with Crippen molar-refractivity contribution >= 4 is 5.69 Å². The Morgan fingerprint density at radius 3 is 2.13 bits per heavy atom. The van der Waals surface area contributed by atoms with Crippen LogP contribution in [0.25, 0.3) is 0 Å². The Morgan fingerprint density at radius 1 is 0.739 bits per heavy atom. The summed E-state index contributed by atoms with van der Waals surface area (Å²) in [6.45, 7) is 3.08. The monoisotopic (exact) mass is 303 g/mol. The van der Waals surface area contributed by atoms with Crippen LogP contribution in [0.5, 0.6) is 11.5 Å². The highest BCUT2D eigenvalue weighted by Crippen LogP contribution is 2.22. The highest BCUT2D eigenvalue weighted by molar-refractivity contribution is 5.47. The molecule has 0 radical (unpaired) electrons. The van der Waals surface area contributed by atoms with Crippen molar-refractivity contribution in [1.29, 1.82) is 0 Å². The van der Waals surface area contributed by atoms with Gasteiger partial charge in [0.25, 0.3) is 0 Å². The van der Waals surface area contributed by atoms with E-state index < -0.39 is 0 Å². The molecule has 0 saturated heterocycles. The molecule has 23 heavy (non-hydrogen) atoms. The van der Waals surface area contributed by atoms with E-state index in [4.69, 9.17) is 4.74 Å². The Balaban J connectivity index is 1.53. The van der Waals surface area contributed by atoms with Gasteiger partial charge in [0, 0.05) is 12.2 Å². The van der Waals surface area contributed by atoms with Crippen LogP contribution in [0.1, 0.15) is 11.1 Å². The number of hydrogen-bond acceptors (Lipinski definition) is 2. The second kappa shape index (κ2) is 7.50. The zero-order valence-electron chi connectivity index (χ0n) is 13.3. The quantitative estimate of drug-likeness (QED) is 0.654. The average molecular weight is 303 g/mol. The molecule has 3 rings (SSSR count). The summed E-state index contributed by atoms with van der Waals surface area (Å²) in [5.74, 6) is 1.70. The molecule has 0 heterocycles. The first kappa shape index (κ1) is 15.2. The molecule has 0 spiro atoms. The number of nitrogens with one attached hydrogen (secondary N) is 1. The van der Waals surface area contributed by atoms with Crippen LogP contribution in [-0.2, 0) is 6.42 Å². The third-order valence-corrected chi connectivity index (χ3v) is 3.82. The minimum atomic E-state index is 0.848. The van der Waals surface area contributed by atoms with E-state index >= 15 is 0 Å². The lowest BCUT2D eigenvalue weighted by Gasteiger charge is -2.10. The SMILES string of the molecule is Cc1ccccc1CCNc1ccc(Oc2ccccc2)cc1. The predicted octanol–water partition coefficient (Wildman–Crippen LogP) is 5.44. The Bertz CT molecular complexity index is 735. The smallest absolute Gasteiger partial charge is 0.127 e. The zero-order valence-corrected chi connectivity index (χ0v) is 13.3. The summed E-state index contributed by atoms with van der Waals surface area (Å²) in [4.78, 5) is 0. The van der Waals surface area contributed by atoms with Crippen molar-refractivity contribution in [2.45, 2.75) is 13.3 Å². The minimum Gasteiger partial charge on any atom is -0.457 e. The summed E-state index contributed by atoms with van der Waals surface area (Å²) in [5.41, 5.74) is 3.85. The molecule has 1 N–H and O–H groups in total. The van der Waals surface area contributed by atoms with Crippen molar-refractivity contribution in [3.8, 4) is 11.5 Å². The van der Waals surface area contributed by atoms with Crippen molar-refractivity contribution in [3.63, 3.8) is 0 Å². The van der Waals surface area contributed by atoms with Crippen LogP contribution in [-0.4, -0.2) is 6.54 Å². The summed E-state index contributed by atoms with van der Waals surface area (Å²) in [7, 11) is 0. The van der Waals surface area contributed by atoms with Crippen LogP contribution in [0, 0.1) is 6.92 Å². The molecule has 3 aromatic rings. The number of ether oxygens (including phenoxy) is 1.